The highest BCUT2D eigenvalue weighted by molar-refractivity contribution is 8.00. The van der Waals surface area contributed by atoms with Crippen molar-refractivity contribution in [2.75, 3.05) is 25.4 Å². The van der Waals surface area contributed by atoms with Crippen LogP contribution in [0, 0.1) is 5.92 Å². The molecule has 0 radical (unpaired) electrons. The van der Waals surface area contributed by atoms with Gasteiger partial charge in [0, 0.05) is 18.3 Å². The summed E-state index contributed by atoms with van der Waals surface area (Å²) in [5, 5.41) is 9.10. The molecule has 2 nitrogen and oxygen atoms in total. The number of halogens is 3. The highest BCUT2D eigenvalue weighted by Gasteiger charge is 2.32. The monoisotopic (exact) mass is 243 g/mol. The Morgan fingerprint density at radius 2 is 2.13 bits per heavy atom. The molecule has 2 unspecified atom stereocenters. The SMILES string of the molecule is CC1CCN(CCSC(F)(F)F)C1CO. The molecule has 1 rings (SSSR count). The average molecular weight is 243 g/mol. The van der Waals surface area contributed by atoms with Crippen molar-refractivity contribution in [1.82, 2.24) is 4.90 Å². The Labute approximate surface area is 91.8 Å². The number of aliphatic hydroxyl groups excluding tert-OH is 1. The summed E-state index contributed by atoms with van der Waals surface area (Å²) in [6.45, 7) is 3.26. The lowest BCUT2D eigenvalue weighted by molar-refractivity contribution is -0.0329. The molecule has 0 amide bonds. The van der Waals surface area contributed by atoms with Crippen LogP contribution in [0.3, 0.4) is 0 Å². The Balaban J connectivity index is 2.27. The van der Waals surface area contributed by atoms with Crippen LogP contribution in [0.1, 0.15) is 13.3 Å². The summed E-state index contributed by atoms with van der Waals surface area (Å²) in [5.41, 5.74) is -4.14. The van der Waals surface area contributed by atoms with Crippen LogP contribution in [0.4, 0.5) is 13.2 Å². The summed E-state index contributed by atoms with van der Waals surface area (Å²) in [6.07, 6.45) is 0.960. The summed E-state index contributed by atoms with van der Waals surface area (Å²) in [6, 6.07) is 0.0406. The standard InChI is InChI=1S/C9H16F3NOS/c1-7-2-3-13(8(7)6-14)4-5-15-9(10,11)12/h7-8,14H,2-6H2,1H3. The van der Waals surface area contributed by atoms with Gasteiger partial charge >= 0.3 is 5.51 Å². The minimum Gasteiger partial charge on any atom is -0.395 e. The van der Waals surface area contributed by atoms with E-state index in [1.54, 1.807) is 0 Å². The Bertz CT molecular complexity index is 200. The van der Waals surface area contributed by atoms with Crippen LogP contribution in [-0.4, -0.2) is 47.0 Å². The van der Waals surface area contributed by atoms with Crippen LogP contribution in [0.2, 0.25) is 0 Å². The second kappa shape index (κ2) is 5.41. The molecule has 0 aromatic rings. The quantitative estimate of drug-likeness (QED) is 0.816. The zero-order chi connectivity index (χ0) is 11.5. The van der Waals surface area contributed by atoms with Gasteiger partial charge < -0.3 is 5.11 Å². The van der Waals surface area contributed by atoms with Gasteiger partial charge in [0.1, 0.15) is 0 Å². The second-order valence-corrected chi connectivity index (χ2v) is 5.01. The molecular weight excluding hydrogens is 227 g/mol. The van der Waals surface area contributed by atoms with Crippen molar-refractivity contribution in [2.24, 2.45) is 5.92 Å². The van der Waals surface area contributed by atoms with E-state index in [-0.39, 0.29) is 30.2 Å². The summed E-state index contributed by atoms with van der Waals surface area (Å²) in [7, 11) is 0. The van der Waals surface area contributed by atoms with Gasteiger partial charge in [0.25, 0.3) is 0 Å². The van der Waals surface area contributed by atoms with Crippen LogP contribution >= 0.6 is 11.8 Å². The number of rotatable bonds is 4. The van der Waals surface area contributed by atoms with Crippen LogP contribution in [0.15, 0.2) is 0 Å². The lowest BCUT2D eigenvalue weighted by Gasteiger charge is -2.24. The molecular formula is C9H16F3NOS. The average Bonchev–Trinajstić information content (AvgIpc) is 2.44. The molecule has 2 atom stereocenters. The van der Waals surface area contributed by atoms with Gasteiger partial charge in [-0.05, 0) is 30.6 Å². The number of nitrogens with zero attached hydrogens (tertiary/aromatic N) is 1. The Morgan fingerprint density at radius 1 is 1.47 bits per heavy atom. The zero-order valence-electron chi connectivity index (χ0n) is 8.63. The first-order chi connectivity index (χ1) is 6.94. The zero-order valence-corrected chi connectivity index (χ0v) is 9.44. The van der Waals surface area contributed by atoms with Crippen LogP contribution in [-0.2, 0) is 0 Å². The molecule has 1 aliphatic heterocycles. The third kappa shape index (κ3) is 4.20. The molecule has 1 N–H and O–H groups in total. The van der Waals surface area contributed by atoms with E-state index >= 15 is 0 Å². The van der Waals surface area contributed by atoms with E-state index in [0.29, 0.717) is 12.5 Å². The highest BCUT2D eigenvalue weighted by atomic mass is 32.2. The van der Waals surface area contributed by atoms with Crippen molar-refractivity contribution < 1.29 is 18.3 Å². The second-order valence-electron chi connectivity index (χ2n) is 3.85. The van der Waals surface area contributed by atoms with E-state index < -0.39 is 5.51 Å². The molecule has 0 aromatic heterocycles. The third-order valence-corrected chi connectivity index (χ3v) is 3.54. The van der Waals surface area contributed by atoms with Gasteiger partial charge in [-0.15, -0.1) is 0 Å². The molecule has 0 spiro atoms. The Hall–Kier alpha value is 0.0600. The molecule has 1 aliphatic rings. The predicted molar refractivity (Wildman–Crippen MR) is 54.7 cm³/mol. The third-order valence-electron chi connectivity index (χ3n) is 2.83. The number of hydrogen-bond acceptors (Lipinski definition) is 3. The lowest BCUT2D eigenvalue weighted by Crippen LogP contribution is -2.36. The fraction of sp³-hybridized carbons (Fsp3) is 1.00. The molecule has 0 aromatic carbocycles. The van der Waals surface area contributed by atoms with Gasteiger partial charge in [-0.25, -0.2) is 0 Å². The number of alkyl halides is 3. The van der Waals surface area contributed by atoms with Crippen molar-refractivity contribution >= 4 is 11.8 Å². The van der Waals surface area contributed by atoms with Crippen molar-refractivity contribution in [3.05, 3.63) is 0 Å². The molecule has 15 heavy (non-hydrogen) atoms. The minimum atomic E-state index is -4.14. The fourth-order valence-corrected chi connectivity index (χ4v) is 2.50. The Morgan fingerprint density at radius 3 is 2.67 bits per heavy atom. The van der Waals surface area contributed by atoms with Gasteiger partial charge in [0.15, 0.2) is 0 Å². The van der Waals surface area contributed by atoms with E-state index in [2.05, 4.69) is 0 Å². The van der Waals surface area contributed by atoms with Gasteiger partial charge in [-0.3, -0.25) is 4.90 Å². The summed E-state index contributed by atoms with van der Waals surface area (Å²) in [4.78, 5) is 1.95. The van der Waals surface area contributed by atoms with E-state index in [9.17, 15) is 13.2 Å². The molecule has 0 saturated carbocycles. The molecule has 90 valence electrons. The number of thioether (sulfide) groups is 1. The van der Waals surface area contributed by atoms with Crippen LogP contribution in [0.5, 0.6) is 0 Å². The first-order valence-electron chi connectivity index (χ1n) is 4.99. The van der Waals surface area contributed by atoms with E-state index in [1.807, 2.05) is 11.8 Å². The maximum absolute atomic E-state index is 11.9. The maximum Gasteiger partial charge on any atom is 0.441 e. The van der Waals surface area contributed by atoms with E-state index in [4.69, 9.17) is 5.11 Å². The van der Waals surface area contributed by atoms with Gasteiger partial charge in [0.2, 0.25) is 0 Å². The van der Waals surface area contributed by atoms with Gasteiger partial charge in [-0.1, -0.05) is 6.92 Å². The number of aliphatic hydroxyl groups is 1. The van der Waals surface area contributed by atoms with Crippen molar-refractivity contribution in [1.29, 1.82) is 0 Å². The molecule has 6 heteroatoms. The van der Waals surface area contributed by atoms with Gasteiger partial charge in [-0.2, -0.15) is 13.2 Å². The van der Waals surface area contributed by atoms with Crippen molar-refractivity contribution in [3.63, 3.8) is 0 Å². The van der Waals surface area contributed by atoms with Crippen molar-refractivity contribution in [2.45, 2.75) is 24.9 Å². The Kier molecular flexibility index (Phi) is 4.73. The summed E-state index contributed by atoms with van der Waals surface area (Å²) < 4.78 is 35.6. The number of likely N-dealkylation sites (tertiary alicyclic amines) is 1. The molecule has 0 aliphatic carbocycles. The fourth-order valence-electron chi connectivity index (χ4n) is 1.94. The highest BCUT2D eigenvalue weighted by Crippen LogP contribution is 2.31. The first-order valence-corrected chi connectivity index (χ1v) is 5.98. The lowest BCUT2D eigenvalue weighted by atomic mass is 10.0. The number of hydrogen-bond donors (Lipinski definition) is 1. The smallest absolute Gasteiger partial charge is 0.395 e. The normalized spacial score (nSPS) is 28.6. The maximum atomic E-state index is 11.9. The summed E-state index contributed by atoms with van der Waals surface area (Å²) >= 11 is 0.0109. The first kappa shape index (κ1) is 13.1. The van der Waals surface area contributed by atoms with Crippen LogP contribution < -0.4 is 0 Å². The van der Waals surface area contributed by atoms with E-state index in [0.717, 1.165) is 13.0 Å². The molecule has 1 saturated heterocycles. The largest absolute Gasteiger partial charge is 0.441 e. The van der Waals surface area contributed by atoms with Crippen LogP contribution in [0.25, 0.3) is 0 Å². The molecule has 0 bridgehead atoms. The van der Waals surface area contributed by atoms with E-state index in [1.165, 1.54) is 0 Å². The summed E-state index contributed by atoms with van der Waals surface area (Å²) in [5.74, 6) is 0.429. The topological polar surface area (TPSA) is 23.5 Å². The van der Waals surface area contributed by atoms with Gasteiger partial charge in [0.05, 0.1) is 6.61 Å². The van der Waals surface area contributed by atoms with Crippen molar-refractivity contribution in [3.8, 4) is 0 Å². The molecule has 1 heterocycles. The molecule has 1 fully saturated rings. The predicted octanol–water partition coefficient (Wildman–Crippen LogP) is 1.94. The minimum absolute atomic E-state index is 0.0109.